The summed E-state index contributed by atoms with van der Waals surface area (Å²) in [5, 5.41) is 12.7. The number of aromatic nitrogens is 3. The van der Waals surface area contributed by atoms with Crippen LogP contribution in [0.25, 0.3) is 11.3 Å². The van der Waals surface area contributed by atoms with E-state index >= 15 is 0 Å². The Morgan fingerprint density at radius 3 is 2.77 bits per heavy atom. The van der Waals surface area contributed by atoms with E-state index in [1.807, 2.05) is 30.3 Å². The van der Waals surface area contributed by atoms with Crippen LogP contribution in [0.15, 0.2) is 54.9 Å². The highest BCUT2D eigenvalue weighted by atomic mass is 16.5. The van der Waals surface area contributed by atoms with Crippen molar-refractivity contribution < 1.29 is 19.1 Å². The van der Waals surface area contributed by atoms with Crippen molar-refractivity contribution in [1.29, 1.82) is 5.26 Å². The first kappa shape index (κ1) is 24.6. The standard InChI is InChI=1S/C28H27N7O4/c1-34(26(37)24-31-15-20(32-24)18-6-3-2-4-7-18)21(12-17-9-10-17)25(36)35-16-28(13-19(35)14-29)27(38)33-23-22(39-28)8-5-11-30-23/h2-8,11,15,17,19,21H,9-10,12-13,16H2,1H3,(H,31,32)(H,30,33,38). The van der Waals surface area contributed by atoms with Gasteiger partial charge in [0.25, 0.3) is 11.8 Å². The number of hydrogen-bond donors (Lipinski definition) is 2. The minimum absolute atomic E-state index is 0.0157. The first-order valence-corrected chi connectivity index (χ1v) is 12.9. The van der Waals surface area contributed by atoms with Gasteiger partial charge in [0, 0.05) is 19.7 Å². The summed E-state index contributed by atoms with van der Waals surface area (Å²) in [6, 6.07) is 13.4. The van der Waals surface area contributed by atoms with Gasteiger partial charge in [-0.3, -0.25) is 14.4 Å². The molecule has 2 aliphatic heterocycles. The molecule has 11 nitrogen and oxygen atoms in total. The molecule has 4 heterocycles. The molecule has 3 amide bonds. The number of anilines is 1. The van der Waals surface area contributed by atoms with Gasteiger partial charge in [0.05, 0.1) is 24.5 Å². The summed E-state index contributed by atoms with van der Waals surface area (Å²) in [5.41, 5.74) is 0.169. The number of fused-ring (bicyclic) bond motifs is 1. The average Bonchev–Trinajstić information content (AvgIpc) is 3.50. The number of imidazole rings is 1. The third-order valence-electron chi connectivity index (χ3n) is 7.67. The Hall–Kier alpha value is -4.72. The monoisotopic (exact) mass is 525 g/mol. The molecule has 6 rings (SSSR count). The maximum Gasteiger partial charge on any atom is 0.290 e. The summed E-state index contributed by atoms with van der Waals surface area (Å²) in [5.74, 6) is -0.131. The van der Waals surface area contributed by atoms with Crippen molar-refractivity contribution in [3.8, 4) is 23.1 Å². The van der Waals surface area contributed by atoms with Crippen LogP contribution in [0.1, 0.15) is 36.3 Å². The van der Waals surface area contributed by atoms with E-state index in [9.17, 15) is 19.6 Å². The molecule has 0 radical (unpaired) electrons. The summed E-state index contributed by atoms with van der Waals surface area (Å²) in [4.78, 5) is 54.9. The number of ether oxygens (including phenoxy) is 1. The lowest BCUT2D eigenvalue weighted by Crippen LogP contribution is -2.55. The molecule has 3 aromatic rings. The Kier molecular flexibility index (Phi) is 6.02. The second-order valence-corrected chi connectivity index (χ2v) is 10.3. The van der Waals surface area contributed by atoms with Gasteiger partial charge >= 0.3 is 0 Å². The van der Waals surface area contributed by atoms with Crippen LogP contribution in [-0.2, 0) is 9.59 Å². The highest BCUT2D eigenvalue weighted by Gasteiger charge is 2.56. The molecule has 198 valence electrons. The number of nitrogens with zero attached hydrogens (tertiary/aromatic N) is 5. The second kappa shape index (κ2) is 9.54. The minimum atomic E-state index is -1.41. The van der Waals surface area contributed by atoms with Crippen molar-refractivity contribution >= 4 is 23.5 Å². The van der Waals surface area contributed by atoms with Gasteiger partial charge in [-0.1, -0.05) is 43.2 Å². The maximum atomic E-state index is 14.0. The molecule has 2 fully saturated rings. The summed E-state index contributed by atoms with van der Waals surface area (Å²) in [6.45, 7) is -0.105. The van der Waals surface area contributed by atoms with E-state index in [0.29, 0.717) is 29.6 Å². The molecule has 2 N–H and O–H groups in total. The van der Waals surface area contributed by atoms with Gasteiger partial charge in [-0.05, 0) is 30.0 Å². The Balaban J connectivity index is 1.25. The van der Waals surface area contributed by atoms with Gasteiger partial charge in [0.1, 0.15) is 12.1 Å². The maximum absolute atomic E-state index is 14.0. The van der Waals surface area contributed by atoms with Crippen LogP contribution in [-0.4, -0.2) is 73.8 Å². The molecule has 1 saturated carbocycles. The molecular weight excluding hydrogens is 498 g/mol. The molecule has 11 heteroatoms. The lowest BCUT2D eigenvalue weighted by atomic mass is 9.97. The third kappa shape index (κ3) is 4.48. The van der Waals surface area contributed by atoms with E-state index in [1.54, 1.807) is 31.6 Å². The number of H-pyrrole nitrogens is 1. The van der Waals surface area contributed by atoms with E-state index in [4.69, 9.17) is 4.74 Å². The molecule has 3 aliphatic rings. The minimum Gasteiger partial charge on any atom is -0.472 e. The van der Waals surface area contributed by atoms with Crippen LogP contribution >= 0.6 is 0 Å². The fraction of sp³-hybridized carbons (Fsp3) is 0.357. The SMILES string of the molecule is CN(C(=O)c1ncc(-c2ccccc2)[nH]1)C(CC1CC1)C(=O)N1CC2(CC1C#N)Oc1cccnc1NC2=O. The predicted molar refractivity (Wildman–Crippen MR) is 139 cm³/mol. The van der Waals surface area contributed by atoms with Crippen molar-refractivity contribution in [2.24, 2.45) is 5.92 Å². The number of likely N-dealkylation sites (tertiary alicyclic amines) is 1. The highest BCUT2D eigenvalue weighted by Crippen LogP contribution is 2.40. The topological polar surface area (TPSA) is 144 Å². The number of carbonyl (C=O) groups is 3. The number of benzene rings is 1. The summed E-state index contributed by atoms with van der Waals surface area (Å²) in [7, 11) is 1.58. The largest absolute Gasteiger partial charge is 0.472 e. The predicted octanol–water partition coefficient (Wildman–Crippen LogP) is 2.61. The van der Waals surface area contributed by atoms with Gasteiger partial charge in [0.15, 0.2) is 17.4 Å². The molecule has 39 heavy (non-hydrogen) atoms. The number of pyridine rings is 1. The zero-order chi connectivity index (χ0) is 27.1. The lowest BCUT2D eigenvalue weighted by molar-refractivity contribution is -0.138. The van der Waals surface area contributed by atoms with Crippen LogP contribution in [0, 0.1) is 17.2 Å². The van der Waals surface area contributed by atoms with Crippen LogP contribution in [0.3, 0.4) is 0 Å². The van der Waals surface area contributed by atoms with Gasteiger partial charge < -0.3 is 24.8 Å². The second-order valence-electron chi connectivity index (χ2n) is 10.3. The van der Waals surface area contributed by atoms with Crippen molar-refractivity contribution in [2.75, 3.05) is 18.9 Å². The lowest BCUT2D eigenvalue weighted by Gasteiger charge is -2.34. The Bertz CT molecular complexity index is 1480. The number of nitrogens with one attached hydrogen (secondary N) is 2. The zero-order valence-corrected chi connectivity index (χ0v) is 21.3. The highest BCUT2D eigenvalue weighted by molar-refractivity contribution is 6.01. The average molecular weight is 526 g/mol. The van der Waals surface area contributed by atoms with Crippen LogP contribution < -0.4 is 10.1 Å². The van der Waals surface area contributed by atoms with Crippen LogP contribution in [0.5, 0.6) is 5.75 Å². The number of likely N-dealkylation sites (N-methyl/N-ethyl adjacent to an activating group) is 1. The van der Waals surface area contributed by atoms with Crippen molar-refractivity contribution in [1.82, 2.24) is 24.8 Å². The van der Waals surface area contributed by atoms with E-state index in [0.717, 1.165) is 18.4 Å². The fourth-order valence-corrected chi connectivity index (χ4v) is 5.29. The molecule has 1 spiro atoms. The number of nitriles is 1. The van der Waals surface area contributed by atoms with Gasteiger partial charge in [-0.2, -0.15) is 5.26 Å². The Morgan fingerprint density at radius 2 is 2.03 bits per heavy atom. The van der Waals surface area contributed by atoms with Crippen molar-refractivity contribution in [2.45, 2.75) is 43.4 Å². The molecular formula is C28H27N7O4. The van der Waals surface area contributed by atoms with Crippen LogP contribution in [0.2, 0.25) is 0 Å². The summed E-state index contributed by atoms with van der Waals surface area (Å²) in [6.07, 6.45) is 5.57. The Morgan fingerprint density at radius 1 is 1.23 bits per heavy atom. The fourth-order valence-electron chi connectivity index (χ4n) is 5.29. The molecule has 3 unspecified atom stereocenters. The van der Waals surface area contributed by atoms with Crippen molar-refractivity contribution in [3.05, 3.63) is 60.7 Å². The molecule has 3 atom stereocenters. The molecule has 1 aromatic carbocycles. The quantitative estimate of drug-likeness (QED) is 0.503. The van der Waals surface area contributed by atoms with Gasteiger partial charge in [-0.15, -0.1) is 0 Å². The summed E-state index contributed by atoms with van der Waals surface area (Å²) >= 11 is 0. The zero-order valence-electron chi connectivity index (χ0n) is 21.3. The van der Waals surface area contributed by atoms with Crippen LogP contribution in [0.4, 0.5) is 5.82 Å². The first-order chi connectivity index (χ1) is 18.9. The molecule has 1 saturated heterocycles. The van der Waals surface area contributed by atoms with Gasteiger partial charge in [0.2, 0.25) is 11.5 Å². The molecule has 1 aliphatic carbocycles. The first-order valence-electron chi connectivity index (χ1n) is 12.9. The third-order valence-corrected chi connectivity index (χ3v) is 7.67. The summed E-state index contributed by atoms with van der Waals surface area (Å²) < 4.78 is 6.09. The van der Waals surface area contributed by atoms with E-state index in [2.05, 4.69) is 26.3 Å². The van der Waals surface area contributed by atoms with Crippen molar-refractivity contribution in [3.63, 3.8) is 0 Å². The number of hydrogen-bond acceptors (Lipinski definition) is 7. The number of aromatic amines is 1. The van der Waals surface area contributed by atoms with E-state index in [-0.39, 0.29) is 24.7 Å². The molecule has 0 bridgehead atoms. The number of amides is 3. The Labute approximate surface area is 224 Å². The normalized spacial score (nSPS) is 22.4. The molecule has 2 aromatic heterocycles. The number of carbonyl (C=O) groups excluding carboxylic acids is 3. The number of rotatable bonds is 6. The smallest absolute Gasteiger partial charge is 0.290 e. The van der Waals surface area contributed by atoms with E-state index in [1.165, 1.54) is 9.80 Å². The van der Waals surface area contributed by atoms with Gasteiger partial charge in [-0.25, -0.2) is 9.97 Å². The van der Waals surface area contributed by atoms with E-state index < -0.39 is 29.5 Å².